The number of hydrogen-bond donors (Lipinski definition) is 1. The smallest absolute Gasteiger partial charge is 0.239 e. The molecule has 0 aliphatic heterocycles. The van der Waals surface area contributed by atoms with E-state index in [9.17, 15) is 4.79 Å². The number of halogens is 1. The van der Waals surface area contributed by atoms with Crippen molar-refractivity contribution in [2.45, 2.75) is 12.6 Å². The van der Waals surface area contributed by atoms with Gasteiger partial charge in [-0.3, -0.25) is 9.69 Å². The van der Waals surface area contributed by atoms with Crippen LogP contribution in [0.15, 0.2) is 83.3 Å². The Labute approximate surface area is 167 Å². The minimum atomic E-state index is -0.469. The number of hydrogen-bond acceptors (Lipinski definition) is 3. The van der Waals surface area contributed by atoms with Crippen molar-refractivity contribution in [2.75, 3.05) is 7.05 Å². The molecule has 27 heavy (non-hydrogen) atoms. The normalized spacial score (nSPS) is 12.0. The van der Waals surface area contributed by atoms with E-state index in [1.165, 1.54) is 0 Å². The quantitative estimate of drug-likeness (QED) is 0.586. The number of benzene rings is 3. The third kappa shape index (κ3) is 5.18. The molecule has 2 N–H and O–H groups in total. The lowest BCUT2D eigenvalue weighted by atomic mass is 10.0. The van der Waals surface area contributed by atoms with Gasteiger partial charge in [0.15, 0.2) is 0 Å². The van der Waals surface area contributed by atoms with Gasteiger partial charge in [-0.1, -0.05) is 64.5 Å². The molecule has 5 heteroatoms. The van der Waals surface area contributed by atoms with Gasteiger partial charge < -0.3 is 10.5 Å². The van der Waals surface area contributed by atoms with E-state index in [-0.39, 0.29) is 5.91 Å². The fourth-order valence-corrected chi connectivity index (χ4v) is 3.36. The molecule has 0 radical (unpaired) electrons. The first-order valence-electron chi connectivity index (χ1n) is 8.60. The summed E-state index contributed by atoms with van der Waals surface area (Å²) in [5.41, 5.74) is 7.60. The van der Waals surface area contributed by atoms with Crippen molar-refractivity contribution >= 4 is 21.8 Å². The summed E-state index contributed by atoms with van der Waals surface area (Å²) in [4.78, 5) is 13.9. The number of ether oxygens (including phenoxy) is 1. The van der Waals surface area contributed by atoms with E-state index in [1.807, 2.05) is 90.8 Å². The van der Waals surface area contributed by atoms with Crippen molar-refractivity contribution < 1.29 is 9.53 Å². The zero-order valence-electron chi connectivity index (χ0n) is 15.0. The van der Waals surface area contributed by atoms with Gasteiger partial charge in [-0.25, -0.2) is 0 Å². The summed E-state index contributed by atoms with van der Waals surface area (Å²) in [6.45, 7) is 0.597. The van der Waals surface area contributed by atoms with Gasteiger partial charge in [-0.2, -0.15) is 0 Å². The maximum atomic E-state index is 12.0. The molecule has 0 aliphatic carbocycles. The molecule has 0 aromatic heterocycles. The van der Waals surface area contributed by atoms with Crippen LogP contribution in [0.25, 0.3) is 0 Å². The van der Waals surface area contributed by atoms with Gasteiger partial charge in [0.2, 0.25) is 5.91 Å². The molecular weight excluding hydrogens is 404 g/mol. The van der Waals surface area contributed by atoms with Crippen molar-refractivity contribution in [2.24, 2.45) is 5.73 Å². The Hall–Kier alpha value is -2.63. The van der Waals surface area contributed by atoms with Crippen LogP contribution in [0.3, 0.4) is 0 Å². The second kappa shape index (κ2) is 8.84. The SMILES string of the molecule is CN(Cc1ccc(Oc2cccc(Br)c2)cc1)[C@@H](C(N)=O)c1ccccc1. The van der Waals surface area contributed by atoms with E-state index in [1.54, 1.807) is 0 Å². The number of likely N-dealkylation sites (N-methyl/N-ethyl adjacent to an activating group) is 1. The first kappa shape index (κ1) is 19.1. The molecule has 0 unspecified atom stereocenters. The minimum Gasteiger partial charge on any atom is -0.457 e. The van der Waals surface area contributed by atoms with Crippen LogP contribution in [-0.2, 0) is 11.3 Å². The topological polar surface area (TPSA) is 55.6 Å². The van der Waals surface area contributed by atoms with Gasteiger partial charge in [0.05, 0.1) is 0 Å². The van der Waals surface area contributed by atoms with E-state index in [4.69, 9.17) is 10.5 Å². The highest BCUT2D eigenvalue weighted by Crippen LogP contribution is 2.26. The maximum absolute atomic E-state index is 12.0. The molecular formula is C22H21BrN2O2. The minimum absolute atomic E-state index is 0.363. The highest BCUT2D eigenvalue weighted by Gasteiger charge is 2.22. The van der Waals surface area contributed by atoms with E-state index in [0.717, 1.165) is 27.1 Å². The van der Waals surface area contributed by atoms with Crippen molar-refractivity contribution in [3.05, 3.63) is 94.5 Å². The molecule has 0 spiro atoms. The lowest BCUT2D eigenvalue weighted by Gasteiger charge is -2.26. The van der Waals surface area contributed by atoms with Gasteiger partial charge >= 0.3 is 0 Å². The molecule has 0 saturated carbocycles. The van der Waals surface area contributed by atoms with Gasteiger partial charge in [0.25, 0.3) is 0 Å². The molecule has 3 aromatic carbocycles. The predicted octanol–water partition coefficient (Wildman–Crippen LogP) is 4.90. The lowest BCUT2D eigenvalue weighted by molar-refractivity contribution is -0.123. The Morgan fingerprint density at radius 1 is 1.00 bits per heavy atom. The zero-order valence-corrected chi connectivity index (χ0v) is 16.6. The first-order valence-corrected chi connectivity index (χ1v) is 9.39. The maximum Gasteiger partial charge on any atom is 0.239 e. The number of amides is 1. The monoisotopic (exact) mass is 424 g/mol. The summed E-state index contributed by atoms with van der Waals surface area (Å²) in [7, 11) is 1.90. The Bertz CT molecular complexity index is 898. The van der Waals surface area contributed by atoms with Gasteiger partial charge in [-0.15, -0.1) is 0 Å². The van der Waals surface area contributed by atoms with Crippen LogP contribution in [0.4, 0.5) is 0 Å². The zero-order chi connectivity index (χ0) is 19.2. The fraction of sp³-hybridized carbons (Fsp3) is 0.136. The Kier molecular flexibility index (Phi) is 6.27. The summed E-state index contributed by atoms with van der Waals surface area (Å²) in [5.74, 6) is 1.17. The van der Waals surface area contributed by atoms with E-state index in [0.29, 0.717) is 6.54 Å². The largest absolute Gasteiger partial charge is 0.457 e. The van der Waals surface area contributed by atoms with Crippen LogP contribution in [0, 0.1) is 0 Å². The molecule has 0 fully saturated rings. The molecule has 0 saturated heterocycles. The summed E-state index contributed by atoms with van der Waals surface area (Å²) < 4.78 is 6.83. The molecule has 3 aromatic rings. The van der Waals surface area contributed by atoms with Gasteiger partial charge in [0.1, 0.15) is 17.5 Å². The second-order valence-electron chi connectivity index (χ2n) is 6.33. The van der Waals surface area contributed by atoms with Crippen LogP contribution >= 0.6 is 15.9 Å². The molecule has 4 nitrogen and oxygen atoms in total. The molecule has 1 atom stereocenters. The Morgan fingerprint density at radius 2 is 1.70 bits per heavy atom. The second-order valence-corrected chi connectivity index (χ2v) is 7.25. The number of nitrogens with zero attached hydrogens (tertiary/aromatic N) is 1. The number of primary amides is 1. The molecule has 138 valence electrons. The average Bonchev–Trinajstić information content (AvgIpc) is 2.64. The average molecular weight is 425 g/mol. The van der Waals surface area contributed by atoms with Crippen LogP contribution in [0.1, 0.15) is 17.2 Å². The molecule has 0 aliphatic rings. The Morgan fingerprint density at radius 3 is 2.33 bits per heavy atom. The number of carbonyl (C=O) groups is 1. The standard InChI is InChI=1S/C22H21BrN2O2/c1-25(21(22(24)26)17-6-3-2-4-7-17)15-16-10-12-19(13-11-16)27-20-9-5-8-18(23)14-20/h2-14,21H,15H2,1H3,(H2,24,26)/t21-/m1/s1. The number of nitrogens with two attached hydrogens (primary N) is 1. The summed E-state index contributed by atoms with van der Waals surface area (Å²) in [6.07, 6.45) is 0. The van der Waals surface area contributed by atoms with Crippen molar-refractivity contribution in [1.29, 1.82) is 0 Å². The van der Waals surface area contributed by atoms with Crippen LogP contribution in [0.5, 0.6) is 11.5 Å². The van der Waals surface area contributed by atoms with Crippen LogP contribution < -0.4 is 10.5 Å². The van der Waals surface area contributed by atoms with Crippen molar-refractivity contribution in [1.82, 2.24) is 4.90 Å². The van der Waals surface area contributed by atoms with Crippen molar-refractivity contribution in [3.63, 3.8) is 0 Å². The third-order valence-corrected chi connectivity index (χ3v) is 4.71. The number of carbonyl (C=O) groups excluding carboxylic acids is 1. The van der Waals surface area contributed by atoms with E-state index >= 15 is 0 Å². The third-order valence-electron chi connectivity index (χ3n) is 4.21. The van der Waals surface area contributed by atoms with Crippen molar-refractivity contribution in [3.8, 4) is 11.5 Å². The molecule has 0 heterocycles. The van der Waals surface area contributed by atoms with Gasteiger partial charge in [-0.05, 0) is 48.5 Å². The molecule has 3 rings (SSSR count). The Balaban J connectivity index is 1.69. The summed E-state index contributed by atoms with van der Waals surface area (Å²) in [5, 5.41) is 0. The highest BCUT2D eigenvalue weighted by atomic mass is 79.9. The van der Waals surface area contributed by atoms with Crippen LogP contribution in [0.2, 0.25) is 0 Å². The summed E-state index contributed by atoms with van der Waals surface area (Å²) in [6, 6.07) is 24.6. The highest BCUT2D eigenvalue weighted by molar-refractivity contribution is 9.10. The fourth-order valence-electron chi connectivity index (χ4n) is 2.98. The van der Waals surface area contributed by atoms with Gasteiger partial charge in [0, 0.05) is 11.0 Å². The lowest BCUT2D eigenvalue weighted by Crippen LogP contribution is -2.34. The van der Waals surface area contributed by atoms with E-state index in [2.05, 4.69) is 15.9 Å². The first-order chi connectivity index (χ1) is 13.0. The van der Waals surface area contributed by atoms with E-state index < -0.39 is 6.04 Å². The summed E-state index contributed by atoms with van der Waals surface area (Å²) >= 11 is 3.44. The molecule has 1 amide bonds. The number of rotatable bonds is 7. The predicted molar refractivity (Wildman–Crippen MR) is 111 cm³/mol. The van der Waals surface area contributed by atoms with Crippen LogP contribution in [-0.4, -0.2) is 17.9 Å². The molecule has 0 bridgehead atoms.